The van der Waals surface area contributed by atoms with Crippen molar-refractivity contribution in [1.29, 1.82) is 10.8 Å². The summed E-state index contributed by atoms with van der Waals surface area (Å²) in [5.74, 6) is 2.03. The second-order valence-corrected chi connectivity index (χ2v) is 8.78. The number of nitrogens with one attached hydrogen (secondary N) is 3. The highest BCUT2D eigenvalue weighted by molar-refractivity contribution is 6.15. The number of nitrogen functional groups attached to an aromatic ring is 1. The smallest absolute Gasteiger partial charge is 0.318 e. The normalized spacial score (nSPS) is 16.3. The van der Waals surface area contributed by atoms with Crippen LogP contribution < -0.4 is 20.9 Å². The monoisotopic (exact) mass is 471 g/mol. The van der Waals surface area contributed by atoms with Gasteiger partial charge in [0.2, 0.25) is 5.89 Å². The maximum absolute atomic E-state index is 8.85. The number of allylic oxidation sites excluding steroid dienone is 1. The fraction of sp³-hybridized carbons (Fsp3) is 0.320. The van der Waals surface area contributed by atoms with Gasteiger partial charge in [-0.3, -0.25) is 5.41 Å². The zero-order valence-corrected chi connectivity index (χ0v) is 19.7. The topological polar surface area (TPSA) is 144 Å². The number of piperazine rings is 1. The minimum atomic E-state index is 0.318. The van der Waals surface area contributed by atoms with E-state index in [1.54, 1.807) is 25.5 Å². The van der Waals surface area contributed by atoms with Gasteiger partial charge in [0, 0.05) is 80.1 Å². The molecule has 2 fully saturated rings. The van der Waals surface area contributed by atoms with Crippen LogP contribution in [0.3, 0.4) is 0 Å². The highest BCUT2D eigenvalue weighted by Crippen LogP contribution is 2.40. The molecule has 1 aromatic carbocycles. The molecule has 0 unspecified atom stereocenters. The molecular formula is C25H29N9O. The van der Waals surface area contributed by atoms with Crippen LogP contribution in [-0.4, -0.2) is 60.3 Å². The van der Waals surface area contributed by atoms with E-state index in [1.165, 1.54) is 6.21 Å². The van der Waals surface area contributed by atoms with E-state index in [-0.39, 0.29) is 0 Å². The van der Waals surface area contributed by atoms with E-state index in [4.69, 9.17) is 21.0 Å². The molecule has 1 saturated carbocycles. The number of benzene rings is 1. The average Bonchev–Trinajstić information content (AvgIpc) is 3.63. The number of aromatic nitrogens is 3. The SMILES string of the molecule is CN/C=C(\C=N)c1ccc(N)c(C(=N)c2ccnc(N3CCN(c4nnc(C5CC5)o4)CC3)c2)c1. The van der Waals surface area contributed by atoms with Gasteiger partial charge in [-0.05, 0) is 42.7 Å². The second-order valence-electron chi connectivity index (χ2n) is 8.78. The van der Waals surface area contributed by atoms with Crippen molar-refractivity contribution in [2.75, 3.05) is 48.8 Å². The number of nitrogens with zero attached hydrogens (tertiary/aromatic N) is 5. The number of nitrogens with two attached hydrogens (primary N) is 1. The minimum absolute atomic E-state index is 0.318. The van der Waals surface area contributed by atoms with Crippen LogP contribution in [0.1, 0.15) is 41.3 Å². The molecule has 1 aliphatic carbocycles. The highest BCUT2D eigenvalue weighted by Gasteiger charge is 2.31. The van der Waals surface area contributed by atoms with Gasteiger partial charge in [0.15, 0.2) is 0 Å². The van der Waals surface area contributed by atoms with Crippen LogP contribution in [0.5, 0.6) is 0 Å². The standard InChI is InChI=1S/C25H29N9O/c1-29-15-19(14-26)17-4-5-21(27)20(12-17)23(28)18-6-7-30-22(13-18)33-8-10-34(11-9-33)25-32-31-24(35-25)16-2-3-16/h4-7,12-16,26,28-29H,2-3,8-11,27H2,1H3/b19-15+,26-14?,28-23?. The molecule has 35 heavy (non-hydrogen) atoms. The molecule has 0 spiro atoms. The maximum Gasteiger partial charge on any atom is 0.318 e. The van der Waals surface area contributed by atoms with E-state index in [1.807, 2.05) is 24.3 Å². The van der Waals surface area contributed by atoms with Crippen molar-refractivity contribution in [2.45, 2.75) is 18.8 Å². The van der Waals surface area contributed by atoms with Crippen LogP contribution in [0.15, 0.2) is 47.1 Å². The Labute approximate surface area is 203 Å². The van der Waals surface area contributed by atoms with Crippen LogP contribution in [0.4, 0.5) is 17.5 Å². The van der Waals surface area contributed by atoms with Gasteiger partial charge in [-0.15, -0.1) is 5.10 Å². The molecule has 2 aromatic heterocycles. The Balaban J connectivity index is 1.30. The molecule has 2 aliphatic rings. The van der Waals surface area contributed by atoms with Gasteiger partial charge >= 0.3 is 6.01 Å². The highest BCUT2D eigenvalue weighted by atomic mass is 16.4. The first-order chi connectivity index (χ1) is 17.1. The van der Waals surface area contributed by atoms with Gasteiger partial charge in [0.25, 0.3) is 0 Å². The Bertz CT molecular complexity index is 1270. The summed E-state index contributed by atoms with van der Waals surface area (Å²) in [7, 11) is 1.79. The van der Waals surface area contributed by atoms with Crippen LogP contribution >= 0.6 is 0 Å². The van der Waals surface area contributed by atoms with E-state index in [9.17, 15) is 0 Å². The average molecular weight is 472 g/mol. The third-order valence-electron chi connectivity index (χ3n) is 6.38. The van der Waals surface area contributed by atoms with Crippen LogP contribution in [0.25, 0.3) is 5.57 Å². The van der Waals surface area contributed by atoms with Crippen LogP contribution in [-0.2, 0) is 0 Å². The van der Waals surface area contributed by atoms with Gasteiger partial charge < -0.3 is 30.7 Å². The van der Waals surface area contributed by atoms with E-state index < -0.39 is 0 Å². The molecule has 1 aliphatic heterocycles. The summed E-state index contributed by atoms with van der Waals surface area (Å²) in [5, 5.41) is 27.9. The lowest BCUT2D eigenvalue weighted by Crippen LogP contribution is -2.47. The van der Waals surface area contributed by atoms with Crippen LogP contribution in [0, 0.1) is 10.8 Å². The zero-order chi connectivity index (χ0) is 24.4. The minimum Gasteiger partial charge on any atom is -0.408 e. The number of rotatable bonds is 8. The predicted molar refractivity (Wildman–Crippen MR) is 138 cm³/mol. The Kier molecular flexibility index (Phi) is 6.17. The van der Waals surface area contributed by atoms with E-state index >= 15 is 0 Å². The summed E-state index contributed by atoms with van der Waals surface area (Å²) in [6.07, 6.45) is 7.03. The lowest BCUT2D eigenvalue weighted by molar-refractivity contribution is 0.475. The summed E-state index contributed by atoms with van der Waals surface area (Å²) in [6.45, 7) is 3.05. The number of pyridine rings is 1. The van der Waals surface area contributed by atoms with Crippen molar-refractivity contribution < 1.29 is 4.42 Å². The van der Waals surface area contributed by atoms with Crippen molar-refractivity contribution in [2.24, 2.45) is 0 Å². The lowest BCUT2D eigenvalue weighted by Gasteiger charge is -2.34. The maximum atomic E-state index is 8.85. The second kappa shape index (κ2) is 9.57. The fourth-order valence-electron chi connectivity index (χ4n) is 4.19. The Morgan fingerprint density at radius 1 is 1.09 bits per heavy atom. The first-order valence-electron chi connectivity index (χ1n) is 11.7. The molecule has 10 nitrogen and oxygen atoms in total. The first-order valence-corrected chi connectivity index (χ1v) is 11.7. The Morgan fingerprint density at radius 2 is 1.86 bits per heavy atom. The van der Waals surface area contributed by atoms with Crippen molar-refractivity contribution in [1.82, 2.24) is 20.5 Å². The summed E-state index contributed by atoms with van der Waals surface area (Å²) >= 11 is 0. The quantitative estimate of drug-likeness (QED) is 0.290. The molecule has 180 valence electrons. The van der Waals surface area contributed by atoms with Gasteiger partial charge in [-0.1, -0.05) is 11.2 Å². The van der Waals surface area contributed by atoms with Gasteiger partial charge in [0.05, 0.1) is 5.71 Å². The fourth-order valence-corrected chi connectivity index (χ4v) is 4.19. The molecule has 0 amide bonds. The molecule has 10 heteroatoms. The number of hydrogen-bond acceptors (Lipinski definition) is 10. The summed E-state index contributed by atoms with van der Waals surface area (Å²) in [4.78, 5) is 8.88. The molecule has 0 bridgehead atoms. The molecule has 3 heterocycles. The van der Waals surface area contributed by atoms with E-state index in [2.05, 4.69) is 30.3 Å². The third-order valence-corrected chi connectivity index (χ3v) is 6.38. The summed E-state index contributed by atoms with van der Waals surface area (Å²) in [5.41, 5.74) is 9.96. The Hall–Kier alpha value is -4.21. The van der Waals surface area contributed by atoms with Gasteiger partial charge in [0.1, 0.15) is 5.82 Å². The third kappa shape index (κ3) is 4.72. The summed E-state index contributed by atoms with van der Waals surface area (Å²) < 4.78 is 5.86. The van der Waals surface area contributed by atoms with Crippen molar-refractivity contribution >= 4 is 35.0 Å². The Morgan fingerprint density at radius 3 is 2.57 bits per heavy atom. The van der Waals surface area contributed by atoms with Gasteiger partial charge in [-0.2, -0.15) is 0 Å². The van der Waals surface area contributed by atoms with Crippen molar-refractivity contribution in [3.8, 4) is 0 Å². The van der Waals surface area contributed by atoms with E-state index in [0.717, 1.165) is 61.9 Å². The molecule has 0 radical (unpaired) electrons. The molecule has 5 rings (SSSR count). The zero-order valence-electron chi connectivity index (χ0n) is 19.7. The van der Waals surface area contributed by atoms with Gasteiger partial charge in [-0.25, -0.2) is 4.98 Å². The number of anilines is 3. The van der Waals surface area contributed by atoms with Crippen molar-refractivity contribution in [3.05, 3.63) is 65.3 Å². The molecule has 0 atom stereocenters. The molecule has 5 N–H and O–H groups in total. The van der Waals surface area contributed by atoms with Crippen molar-refractivity contribution in [3.63, 3.8) is 0 Å². The van der Waals surface area contributed by atoms with E-state index in [0.29, 0.717) is 34.5 Å². The van der Waals surface area contributed by atoms with Crippen LogP contribution in [0.2, 0.25) is 0 Å². The molecular weight excluding hydrogens is 442 g/mol. The first kappa shape index (κ1) is 22.6. The largest absolute Gasteiger partial charge is 0.408 e. The lowest BCUT2D eigenvalue weighted by atomic mass is 9.97. The number of hydrogen-bond donors (Lipinski definition) is 4. The predicted octanol–water partition coefficient (Wildman–Crippen LogP) is 2.88. The molecule has 1 saturated heterocycles. The molecule has 3 aromatic rings. The summed E-state index contributed by atoms with van der Waals surface area (Å²) in [6, 6.07) is 9.84.